The third-order valence-electron chi connectivity index (χ3n) is 3.45. The van der Waals surface area contributed by atoms with E-state index < -0.39 is 17.9 Å². The number of esters is 1. The minimum absolute atomic E-state index is 0.291. The maximum absolute atomic E-state index is 12.2. The molecule has 0 unspecified atom stereocenters. The maximum atomic E-state index is 12.2. The summed E-state index contributed by atoms with van der Waals surface area (Å²) < 4.78 is 10.2. The van der Waals surface area contributed by atoms with Crippen LogP contribution < -0.4 is 10.1 Å². The fourth-order valence-corrected chi connectivity index (χ4v) is 2.19. The van der Waals surface area contributed by atoms with Gasteiger partial charge in [-0.25, -0.2) is 4.79 Å². The molecule has 0 saturated carbocycles. The molecule has 22 heavy (non-hydrogen) atoms. The van der Waals surface area contributed by atoms with Crippen LogP contribution >= 0.6 is 0 Å². The third kappa shape index (κ3) is 5.39. The van der Waals surface area contributed by atoms with Crippen LogP contribution in [0, 0.1) is 5.92 Å². The molecule has 0 spiro atoms. The molecular weight excluding hydrogens is 282 g/mol. The molecule has 5 nitrogen and oxygen atoms in total. The number of benzene rings is 1. The summed E-state index contributed by atoms with van der Waals surface area (Å²) in [4.78, 5) is 23.5. The topological polar surface area (TPSA) is 64.6 Å². The first kappa shape index (κ1) is 18.0. The number of hydrogen-bond donors (Lipinski definition) is 1. The van der Waals surface area contributed by atoms with Gasteiger partial charge in [-0.1, -0.05) is 19.8 Å². The monoisotopic (exact) mass is 307 g/mol. The minimum Gasteiger partial charge on any atom is -0.497 e. The summed E-state index contributed by atoms with van der Waals surface area (Å²) in [6, 6.07) is 6.55. The average Bonchev–Trinajstić information content (AvgIpc) is 2.55. The van der Waals surface area contributed by atoms with Gasteiger partial charge in [0.05, 0.1) is 13.7 Å². The largest absolute Gasteiger partial charge is 0.497 e. The van der Waals surface area contributed by atoms with Crippen molar-refractivity contribution < 1.29 is 19.1 Å². The second kappa shape index (κ2) is 9.82. The Balaban J connectivity index is 2.87. The van der Waals surface area contributed by atoms with Gasteiger partial charge in [0, 0.05) is 11.6 Å². The van der Waals surface area contributed by atoms with Crippen LogP contribution in [-0.2, 0) is 14.3 Å². The number of unbranched alkanes of at least 4 members (excludes halogenated alkanes) is 1. The summed E-state index contributed by atoms with van der Waals surface area (Å²) in [5.41, 5.74) is 0.752. The normalized spacial score (nSPS) is 13.0. The molecule has 0 heterocycles. The number of carbonyl (C=O) groups excluding carboxylic acids is 2. The lowest BCUT2D eigenvalue weighted by molar-refractivity contribution is -0.146. The minimum atomic E-state index is -0.669. The zero-order chi connectivity index (χ0) is 16.4. The van der Waals surface area contributed by atoms with Crippen LogP contribution in [0.2, 0.25) is 0 Å². The second-order valence-corrected chi connectivity index (χ2v) is 5.04. The van der Waals surface area contributed by atoms with Crippen LogP contribution in [0.15, 0.2) is 24.3 Å². The molecule has 0 aromatic heterocycles. The maximum Gasteiger partial charge on any atom is 0.329 e. The van der Waals surface area contributed by atoms with Gasteiger partial charge in [0.2, 0.25) is 0 Å². The molecule has 122 valence electrons. The number of nitrogens with one attached hydrogen (secondary N) is 1. The van der Waals surface area contributed by atoms with Crippen molar-refractivity contribution in [1.82, 2.24) is 0 Å². The molecule has 1 aromatic rings. The Kier molecular flexibility index (Phi) is 8.04. The lowest BCUT2D eigenvalue weighted by Gasteiger charge is -2.23. The Bertz CT molecular complexity index is 458. The summed E-state index contributed by atoms with van der Waals surface area (Å²) in [5.74, 6) is -0.0659. The van der Waals surface area contributed by atoms with Crippen molar-refractivity contribution >= 4 is 17.9 Å². The van der Waals surface area contributed by atoms with Crippen LogP contribution in [0.25, 0.3) is 0 Å². The number of ether oxygens (including phenoxy) is 2. The van der Waals surface area contributed by atoms with E-state index in [-0.39, 0.29) is 0 Å². The van der Waals surface area contributed by atoms with E-state index in [1.165, 1.54) is 0 Å². The second-order valence-electron chi connectivity index (χ2n) is 5.04. The molecule has 5 heteroatoms. The molecule has 0 aliphatic rings. The molecule has 0 fully saturated rings. The predicted octanol–water partition coefficient (Wildman–Crippen LogP) is 3.04. The number of aldehydes is 1. The molecule has 1 aromatic carbocycles. The number of hydrogen-bond acceptors (Lipinski definition) is 5. The summed E-state index contributed by atoms with van der Waals surface area (Å²) in [6.45, 7) is 4.10. The van der Waals surface area contributed by atoms with Crippen LogP contribution in [0.5, 0.6) is 5.75 Å². The van der Waals surface area contributed by atoms with Crippen molar-refractivity contribution in [2.75, 3.05) is 19.0 Å². The predicted molar refractivity (Wildman–Crippen MR) is 86.1 cm³/mol. The third-order valence-corrected chi connectivity index (χ3v) is 3.45. The number of methoxy groups -OCH3 is 1. The van der Waals surface area contributed by atoms with Gasteiger partial charge in [0.1, 0.15) is 18.1 Å². The van der Waals surface area contributed by atoms with E-state index in [0.717, 1.165) is 30.6 Å². The molecule has 0 amide bonds. The molecule has 0 aliphatic carbocycles. The first-order valence-electron chi connectivity index (χ1n) is 7.68. The van der Waals surface area contributed by atoms with Gasteiger partial charge in [-0.05, 0) is 37.6 Å². The number of carbonyl (C=O) groups is 2. The first-order valence-corrected chi connectivity index (χ1v) is 7.68. The zero-order valence-electron chi connectivity index (χ0n) is 13.5. The summed E-state index contributed by atoms with van der Waals surface area (Å²) >= 11 is 0. The van der Waals surface area contributed by atoms with Crippen LogP contribution in [0.4, 0.5) is 5.69 Å². The molecular formula is C17H25NO4. The van der Waals surface area contributed by atoms with Crippen molar-refractivity contribution in [3.05, 3.63) is 24.3 Å². The first-order chi connectivity index (χ1) is 10.7. The molecule has 2 atom stereocenters. The highest BCUT2D eigenvalue weighted by Crippen LogP contribution is 2.20. The molecule has 0 radical (unpaired) electrons. The van der Waals surface area contributed by atoms with Crippen LogP contribution in [0.1, 0.15) is 33.1 Å². The molecule has 1 N–H and O–H groups in total. The standard InChI is InChI=1S/C17H25NO4/c1-4-6-7-13(12-19)16(17(20)22-5-2)18-14-8-10-15(21-3)11-9-14/h8-13,16,18H,4-7H2,1-3H3/t13-,16-/m0/s1. The highest BCUT2D eigenvalue weighted by molar-refractivity contribution is 5.83. The number of anilines is 1. The van der Waals surface area contributed by atoms with E-state index in [0.29, 0.717) is 13.0 Å². The van der Waals surface area contributed by atoms with Gasteiger partial charge in [-0.3, -0.25) is 0 Å². The van der Waals surface area contributed by atoms with Crippen molar-refractivity contribution in [3.8, 4) is 5.75 Å². The zero-order valence-corrected chi connectivity index (χ0v) is 13.5. The van der Waals surface area contributed by atoms with E-state index in [1.54, 1.807) is 26.2 Å². The van der Waals surface area contributed by atoms with E-state index >= 15 is 0 Å². The molecule has 0 bridgehead atoms. The lowest BCUT2D eigenvalue weighted by Crippen LogP contribution is -2.39. The fraction of sp³-hybridized carbons (Fsp3) is 0.529. The summed E-state index contributed by atoms with van der Waals surface area (Å²) in [5, 5.41) is 3.11. The van der Waals surface area contributed by atoms with Gasteiger partial charge < -0.3 is 19.6 Å². The SMILES string of the molecule is CCCC[C@@H](C=O)[C@H](Nc1ccc(OC)cc1)C(=O)OCC. The number of rotatable bonds is 10. The summed E-state index contributed by atoms with van der Waals surface area (Å²) in [6.07, 6.45) is 3.37. The van der Waals surface area contributed by atoms with Gasteiger partial charge in [-0.15, -0.1) is 0 Å². The smallest absolute Gasteiger partial charge is 0.329 e. The van der Waals surface area contributed by atoms with E-state index in [2.05, 4.69) is 12.2 Å². The Labute approximate surface area is 132 Å². The Morgan fingerprint density at radius 3 is 2.45 bits per heavy atom. The quantitative estimate of drug-likeness (QED) is 0.531. The fourth-order valence-electron chi connectivity index (χ4n) is 2.19. The van der Waals surface area contributed by atoms with E-state index in [4.69, 9.17) is 9.47 Å². The van der Waals surface area contributed by atoms with Crippen molar-refractivity contribution in [2.45, 2.75) is 39.2 Å². The lowest BCUT2D eigenvalue weighted by atomic mass is 9.95. The van der Waals surface area contributed by atoms with Gasteiger partial charge in [0.15, 0.2) is 0 Å². The Morgan fingerprint density at radius 1 is 1.27 bits per heavy atom. The molecule has 1 rings (SSSR count). The Morgan fingerprint density at radius 2 is 1.95 bits per heavy atom. The van der Waals surface area contributed by atoms with Crippen molar-refractivity contribution in [1.29, 1.82) is 0 Å². The van der Waals surface area contributed by atoms with Gasteiger partial charge in [-0.2, -0.15) is 0 Å². The molecule has 0 saturated heterocycles. The van der Waals surface area contributed by atoms with Gasteiger partial charge >= 0.3 is 5.97 Å². The van der Waals surface area contributed by atoms with Crippen molar-refractivity contribution in [2.24, 2.45) is 5.92 Å². The highest BCUT2D eigenvalue weighted by atomic mass is 16.5. The Hall–Kier alpha value is -2.04. The van der Waals surface area contributed by atoms with Gasteiger partial charge in [0.25, 0.3) is 0 Å². The van der Waals surface area contributed by atoms with Crippen LogP contribution in [-0.4, -0.2) is 32.0 Å². The molecule has 0 aliphatic heterocycles. The average molecular weight is 307 g/mol. The van der Waals surface area contributed by atoms with E-state index in [9.17, 15) is 9.59 Å². The highest BCUT2D eigenvalue weighted by Gasteiger charge is 2.29. The van der Waals surface area contributed by atoms with E-state index in [1.807, 2.05) is 12.1 Å². The van der Waals surface area contributed by atoms with Crippen molar-refractivity contribution in [3.63, 3.8) is 0 Å². The van der Waals surface area contributed by atoms with Crippen LogP contribution in [0.3, 0.4) is 0 Å². The summed E-state index contributed by atoms with van der Waals surface area (Å²) in [7, 11) is 1.59.